The Morgan fingerprint density at radius 3 is 2.43 bits per heavy atom. The minimum atomic E-state index is -0.285. The quantitative estimate of drug-likeness (QED) is 0.393. The third-order valence-electron chi connectivity index (χ3n) is 1.78. The van der Waals surface area contributed by atoms with Crippen molar-refractivity contribution in [2.75, 3.05) is 39.3 Å². The van der Waals surface area contributed by atoms with E-state index < -0.39 is 0 Å². The van der Waals surface area contributed by atoms with Gasteiger partial charge in [0, 0.05) is 38.3 Å². The van der Waals surface area contributed by atoms with Crippen LogP contribution in [0.15, 0.2) is 12.2 Å². The van der Waals surface area contributed by atoms with Crippen molar-refractivity contribution in [3.63, 3.8) is 0 Å². The Balaban J connectivity index is 0.000000276. The van der Waals surface area contributed by atoms with Crippen molar-refractivity contribution in [2.45, 2.75) is 6.92 Å². The van der Waals surface area contributed by atoms with E-state index in [4.69, 9.17) is 4.74 Å². The normalized spacial score (nSPS) is 17.8. The molecule has 0 atom stereocenters. The SMILES string of the molecule is C1CN1.C=C(C)C(=O)OCCN1CC1. The number of esters is 1. The number of ether oxygens (including phenoxy) is 1. The first kappa shape index (κ1) is 11.2. The van der Waals surface area contributed by atoms with Crippen LogP contribution in [0, 0.1) is 0 Å². The van der Waals surface area contributed by atoms with E-state index in [2.05, 4.69) is 16.8 Å². The van der Waals surface area contributed by atoms with Gasteiger partial charge in [0.2, 0.25) is 0 Å². The Morgan fingerprint density at radius 2 is 2.07 bits per heavy atom. The van der Waals surface area contributed by atoms with Gasteiger partial charge in [0.25, 0.3) is 0 Å². The average Bonchev–Trinajstić information content (AvgIpc) is 2.99. The lowest BCUT2D eigenvalue weighted by molar-refractivity contribution is -0.139. The highest BCUT2D eigenvalue weighted by Crippen LogP contribution is 2.01. The molecule has 0 radical (unpaired) electrons. The molecule has 0 spiro atoms. The first-order valence-corrected chi connectivity index (χ1v) is 4.96. The molecule has 14 heavy (non-hydrogen) atoms. The van der Waals surface area contributed by atoms with E-state index in [0.29, 0.717) is 12.2 Å². The zero-order chi connectivity index (χ0) is 10.4. The number of nitrogens with one attached hydrogen (secondary N) is 1. The lowest BCUT2D eigenvalue weighted by Crippen LogP contribution is -2.13. The molecule has 2 heterocycles. The summed E-state index contributed by atoms with van der Waals surface area (Å²) >= 11 is 0. The molecule has 2 fully saturated rings. The average molecular weight is 198 g/mol. The Bertz CT molecular complexity index is 207. The van der Waals surface area contributed by atoms with Gasteiger partial charge in [-0.25, -0.2) is 4.79 Å². The minimum absolute atomic E-state index is 0.285. The highest BCUT2D eigenvalue weighted by atomic mass is 16.5. The molecule has 0 aliphatic carbocycles. The van der Waals surface area contributed by atoms with Crippen molar-refractivity contribution < 1.29 is 9.53 Å². The molecular formula is C10H18N2O2. The number of carbonyl (C=O) groups is 1. The summed E-state index contributed by atoms with van der Waals surface area (Å²) in [6.07, 6.45) is 0. The summed E-state index contributed by atoms with van der Waals surface area (Å²) in [7, 11) is 0. The molecule has 2 aliphatic rings. The molecule has 2 saturated heterocycles. The van der Waals surface area contributed by atoms with E-state index in [1.807, 2.05) is 0 Å². The van der Waals surface area contributed by atoms with Crippen LogP contribution in [0.25, 0.3) is 0 Å². The topological polar surface area (TPSA) is 51.3 Å². The van der Waals surface area contributed by atoms with Crippen LogP contribution in [-0.4, -0.2) is 50.2 Å². The first-order chi connectivity index (χ1) is 6.70. The number of carbonyl (C=O) groups excluding carboxylic acids is 1. The number of rotatable bonds is 4. The molecule has 0 bridgehead atoms. The van der Waals surface area contributed by atoms with Crippen LogP contribution in [0.2, 0.25) is 0 Å². The third kappa shape index (κ3) is 6.62. The molecular weight excluding hydrogens is 180 g/mol. The van der Waals surface area contributed by atoms with Crippen molar-refractivity contribution in [3.8, 4) is 0 Å². The van der Waals surface area contributed by atoms with Crippen LogP contribution in [-0.2, 0) is 9.53 Å². The molecule has 0 saturated carbocycles. The maximum Gasteiger partial charge on any atom is 0.333 e. The molecule has 0 aromatic heterocycles. The lowest BCUT2D eigenvalue weighted by Gasteiger charge is -2.03. The number of hydrogen-bond donors (Lipinski definition) is 1. The van der Waals surface area contributed by atoms with E-state index >= 15 is 0 Å². The molecule has 80 valence electrons. The van der Waals surface area contributed by atoms with Crippen LogP contribution in [0.4, 0.5) is 0 Å². The van der Waals surface area contributed by atoms with Crippen LogP contribution in [0.5, 0.6) is 0 Å². The highest BCUT2D eigenvalue weighted by molar-refractivity contribution is 5.86. The van der Waals surface area contributed by atoms with Gasteiger partial charge in [-0.15, -0.1) is 0 Å². The summed E-state index contributed by atoms with van der Waals surface area (Å²) in [6.45, 7) is 11.3. The molecule has 4 nitrogen and oxygen atoms in total. The Labute approximate surface area is 84.9 Å². The Hall–Kier alpha value is -0.870. The standard InChI is InChI=1S/C8H13NO2.C2H5N/c1-7(2)8(10)11-6-5-9-3-4-9;1-2-3-1/h1,3-6H2,2H3;3H,1-2H2. The number of nitrogens with zero attached hydrogens (tertiary/aromatic N) is 1. The van der Waals surface area contributed by atoms with Crippen molar-refractivity contribution in [1.29, 1.82) is 0 Å². The molecule has 0 aromatic carbocycles. The smallest absolute Gasteiger partial charge is 0.333 e. The summed E-state index contributed by atoms with van der Waals surface area (Å²) in [4.78, 5) is 13.0. The summed E-state index contributed by atoms with van der Waals surface area (Å²) in [5.74, 6) is -0.285. The van der Waals surface area contributed by atoms with Gasteiger partial charge in [-0.05, 0) is 6.92 Å². The molecule has 0 unspecified atom stereocenters. The Morgan fingerprint density at radius 1 is 1.50 bits per heavy atom. The molecule has 2 rings (SSSR count). The van der Waals surface area contributed by atoms with Crippen molar-refractivity contribution in [3.05, 3.63) is 12.2 Å². The second-order valence-electron chi connectivity index (χ2n) is 3.51. The van der Waals surface area contributed by atoms with E-state index in [9.17, 15) is 4.79 Å². The summed E-state index contributed by atoms with van der Waals surface area (Å²) in [6, 6.07) is 0. The minimum Gasteiger partial charge on any atom is -0.461 e. The fraction of sp³-hybridized carbons (Fsp3) is 0.700. The van der Waals surface area contributed by atoms with Gasteiger partial charge in [0.15, 0.2) is 0 Å². The van der Waals surface area contributed by atoms with Gasteiger partial charge in [-0.1, -0.05) is 6.58 Å². The van der Waals surface area contributed by atoms with Crippen LogP contribution in [0.3, 0.4) is 0 Å². The maximum atomic E-state index is 10.8. The van der Waals surface area contributed by atoms with Gasteiger partial charge in [-0.2, -0.15) is 0 Å². The van der Waals surface area contributed by atoms with Crippen LogP contribution < -0.4 is 5.32 Å². The zero-order valence-electron chi connectivity index (χ0n) is 8.71. The van der Waals surface area contributed by atoms with E-state index in [-0.39, 0.29) is 5.97 Å². The van der Waals surface area contributed by atoms with E-state index in [0.717, 1.165) is 19.6 Å². The van der Waals surface area contributed by atoms with Gasteiger partial charge in [-0.3, -0.25) is 4.90 Å². The Kier molecular flexibility index (Phi) is 4.62. The summed E-state index contributed by atoms with van der Waals surface area (Å²) in [5.41, 5.74) is 0.468. The van der Waals surface area contributed by atoms with Gasteiger partial charge >= 0.3 is 5.97 Å². The maximum absolute atomic E-state index is 10.8. The van der Waals surface area contributed by atoms with Gasteiger partial charge < -0.3 is 10.1 Å². The predicted molar refractivity (Wildman–Crippen MR) is 55.1 cm³/mol. The fourth-order valence-electron chi connectivity index (χ4n) is 0.685. The van der Waals surface area contributed by atoms with E-state index in [1.54, 1.807) is 6.92 Å². The first-order valence-electron chi connectivity index (χ1n) is 4.96. The molecule has 4 heteroatoms. The van der Waals surface area contributed by atoms with Crippen molar-refractivity contribution >= 4 is 5.97 Å². The van der Waals surface area contributed by atoms with E-state index in [1.165, 1.54) is 13.1 Å². The highest BCUT2D eigenvalue weighted by Gasteiger charge is 2.16. The fourth-order valence-corrected chi connectivity index (χ4v) is 0.685. The van der Waals surface area contributed by atoms with Crippen molar-refractivity contribution in [1.82, 2.24) is 10.2 Å². The zero-order valence-corrected chi connectivity index (χ0v) is 8.71. The van der Waals surface area contributed by atoms with Gasteiger partial charge in [0.1, 0.15) is 6.61 Å². The molecule has 1 N–H and O–H groups in total. The number of hydrogen-bond acceptors (Lipinski definition) is 4. The largest absolute Gasteiger partial charge is 0.461 e. The third-order valence-corrected chi connectivity index (χ3v) is 1.78. The lowest BCUT2D eigenvalue weighted by atomic mass is 10.4. The van der Waals surface area contributed by atoms with Gasteiger partial charge in [0.05, 0.1) is 0 Å². The second kappa shape index (κ2) is 5.78. The van der Waals surface area contributed by atoms with Crippen LogP contribution in [0.1, 0.15) is 6.92 Å². The second-order valence-corrected chi connectivity index (χ2v) is 3.51. The molecule has 0 aromatic rings. The predicted octanol–water partition coefficient (Wildman–Crippen LogP) is 0.0109. The van der Waals surface area contributed by atoms with Crippen LogP contribution >= 0.6 is 0 Å². The molecule has 2 aliphatic heterocycles. The summed E-state index contributed by atoms with van der Waals surface area (Å²) in [5, 5.41) is 3.00. The summed E-state index contributed by atoms with van der Waals surface area (Å²) < 4.78 is 4.87. The van der Waals surface area contributed by atoms with Crippen molar-refractivity contribution in [2.24, 2.45) is 0 Å². The monoisotopic (exact) mass is 198 g/mol. The molecule has 0 amide bonds.